The van der Waals surface area contributed by atoms with Crippen LogP contribution in [0, 0.1) is 11.8 Å². The van der Waals surface area contributed by atoms with Gasteiger partial charge in [0.25, 0.3) is 0 Å². The lowest BCUT2D eigenvalue weighted by molar-refractivity contribution is 0.779. The fraction of sp³-hybridized carbons (Fsp3) is 0.444. The zero-order chi connectivity index (χ0) is 9.68. The molecule has 0 amide bonds. The summed E-state index contributed by atoms with van der Waals surface area (Å²) in [5.41, 5.74) is 6.50. The van der Waals surface area contributed by atoms with Gasteiger partial charge in [-0.25, -0.2) is 0 Å². The third-order valence-corrected chi connectivity index (χ3v) is 1.71. The molecular weight excluding hydrogens is 164 g/mol. The van der Waals surface area contributed by atoms with Crippen LogP contribution in [-0.2, 0) is 7.05 Å². The van der Waals surface area contributed by atoms with Gasteiger partial charge in [0.1, 0.15) is 5.82 Å². The number of nitrogens with zero attached hydrogens (tertiary/aromatic N) is 2. The Labute approximate surface area is 78.1 Å². The number of nitrogens with two attached hydrogens (primary N) is 1. The highest BCUT2D eigenvalue weighted by Gasteiger charge is 1.99. The zero-order valence-corrected chi connectivity index (χ0v) is 7.96. The van der Waals surface area contributed by atoms with Crippen molar-refractivity contribution >= 4 is 5.82 Å². The molecule has 4 heteroatoms. The SMILES string of the molecule is CNCCC#Cc1cnn(C)c1N. The number of hydrogen-bond donors (Lipinski definition) is 2. The Morgan fingerprint density at radius 2 is 2.46 bits per heavy atom. The predicted octanol–water partition coefficient (Wildman–Crippen LogP) is -0.0367. The van der Waals surface area contributed by atoms with Crippen molar-refractivity contribution in [1.82, 2.24) is 15.1 Å². The molecule has 0 aliphatic heterocycles. The van der Waals surface area contributed by atoms with Crippen LogP contribution in [-0.4, -0.2) is 23.4 Å². The summed E-state index contributed by atoms with van der Waals surface area (Å²) in [6, 6.07) is 0. The number of anilines is 1. The van der Waals surface area contributed by atoms with Gasteiger partial charge in [0.2, 0.25) is 0 Å². The minimum Gasteiger partial charge on any atom is -0.383 e. The molecule has 1 heterocycles. The lowest BCUT2D eigenvalue weighted by Crippen LogP contribution is -2.05. The summed E-state index contributed by atoms with van der Waals surface area (Å²) in [7, 11) is 3.70. The molecule has 0 atom stereocenters. The first-order valence-corrected chi connectivity index (χ1v) is 4.16. The van der Waals surface area contributed by atoms with Crippen molar-refractivity contribution < 1.29 is 0 Å². The van der Waals surface area contributed by atoms with Crippen LogP contribution in [0.5, 0.6) is 0 Å². The van der Waals surface area contributed by atoms with Gasteiger partial charge in [-0.2, -0.15) is 5.10 Å². The van der Waals surface area contributed by atoms with Crippen LogP contribution in [0.2, 0.25) is 0 Å². The first-order chi connectivity index (χ1) is 6.25. The van der Waals surface area contributed by atoms with Crippen LogP contribution in [0.4, 0.5) is 5.82 Å². The van der Waals surface area contributed by atoms with E-state index in [2.05, 4.69) is 22.3 Å². The molecule has 70 valence electrons. The summed E-state index contributed by atoms with van der Waals surface area (Å²) in [5, 5.41) is 7.01. The third-order valence-electron chi connectivity index (χ3n) is 1.71. The highest BCUT2D eigenvalue weighted by molar-refractivity contribution is 5.49. The summed E-state index contributed by atoms with van der Waals surface area (Å²) >= 11 is 0. The monoisotopic (exact) mass is 178 g/mol. The van der Waals surface area contributed by atoms with Gasteiger partial charge in [0.15, 0.2) is 0 Å². The molecule has 0 fully saturated rings. The maximum Gasteiger partial charge on any atom is 0.137 e. The Morgan fingerprint density at radius 3 is 3.00 bits per heavy atom. The van der Waals surface area contributed by atoms with Crippen LogP contribution >= 0.6 is 0 Å². The third kappa shape index (κ3) is 2.49. The summed E-state index contributed by atoms with van der Waals surface area (Å²) in [4.78, 5) is 0. The Hall–Kier alpha value is -1.47. The first kappa shape index (κ1) is 9.62. The number of rotatable bonds is 2. The van der Waals surface area contributed by atoms with Crippen molar-refractivity contribution in [2.24, 2.45) is 7.05 Å². The molecule has 0 unspecified atom stereocenters. The van der Waals surface area contributed by atoms with E-state index >= 15 is 0 Å². The van der Waals surface area contributed by atoms with E-state index in [0.717, 1.165) is 18.5 Å². The Kier molecular flexibility index (Phi) is 3.35. The molecule has 3 N–H and O–H groups in total. The number of aromatic nitrogens is 2. The first-order valence-electron chi connectivity index (χ1n) is 4.16. The largest absolute Gasteiger partial charge is 0.383 e. The molecule has 1 aromatic rings. The Bertz CT molecular complexity index is 329. The number of aryl methyl sites for hydroxylation is 1. The molecule has 13 heavy (non-hydrogen) atoms. The van der Waals surface area contributed by atoms with E-state index in [1.54, 1.807) is 17.9 Å². The van der Waals surface area contributed by atoms with Crippen molar-refractivity contribution in [3.63, 3.8) is 0 Å². The molecule has 1 aromatic heterocycles. The zero-order valence-electron chi connectivity index (χ0n) is 7.96. The minimum absolute atomic E-state index is 0.622. The van der Waals surface area contributed by atoms with Crippen molar-refractivity contribution in [2.75, 3.05) is 19.3 Å². The van der Waals surface area contributed by atoms with Crippen LogP contribution in [0.1, 0.15) is 12.0 Å². The molecule has 4 nitrogen and oxygen atoms in total. The van der Waals surface area contributed by atoms with Crippen molar-refractivity contribution in [2.45, 2.75) is 6.42 Å². The van der Waals surface area contributed by atoms with Gasteiger partial charge < -0.3 is 11.1 Å². The summed E-state index contributed by atoms with van der Waals surface area (Å²) in [6.07, 6.45) is 2.51. The van der Waals surface area contributed by atoms with Gasteiger partial charge in [-0.3, -0.25) is 4.68 Å². The van der Waals surface area contributed by atoms with Crippen LogP contribution in [0.25, 0.3) is 0 Å². The number of nitrogen functional groups attached to an aromatic ring is 1. The van der Waals surface area contributed by atoms with Gasteiger partial charge in [0, 0.05) is 20.0 Å². The van der Waals surface area contributed by atoms with E-state index in [1.165, 1.54) is 0 Å². The van der Waals surface area contributed by atoms with E-state index in [-0.39, 0.29) is 0 Å². The second kappa shape index (κ2) is 4.53. The molecule has 0 aromatic carbocycles. The maximum absolute atomic E-state index is 5.70. The lowest BCUT2D eigenvalue weighted by Gasteiger charge is -1.91. The Balaban J connectivity index is 2.61. The summed E-state index contributed by atoms with van der Waals surface area (Å²) < 4.78 is 1.61. The standard InChI is InChI=1S/C9H14N4/c1-11-6-4-3-5-8-7-12-13(2)9(8)10/h7,11H,4,6,10H2,1-2H3. The van der Waals surface area contributed by atoms with Gasteiger partial charge >= 0.3 is 0 Å². The minimum atomic E-state index is 0.622. The smallest absolute Gasteiger partial charge is 0.137 e. The van der Waals surface area contributed by atoms with E-state index in [4.69, 9.17) is 5.73 Å². The van der Waals surface area contributed by atoms with Crippen LogP contribution in [0.15, 0.2) is 6.20 Å². The maximum atomic E-state index is 5.70. The topological polar surface area (TPSA) is 55.9 Å². The fourth-order valence-electron chi connectivity index (χ4n) is 0.889. The quantitative estimate of drug-likeness (QED) is 0.493. The highest BCUT2D eigenvalue weighted by atomic mass is 15.3. The average molecular weight is 178 g/mol. The van der Waals surface area contributed by atoms with Gasteiger partial charge in [0.05, 0.1) is 11.8 Å². The highest BCUT2D eigenvalue weighted by Crippen LogP contribution is 2.06. The normalized spacial score (nSPS) is 9.38. The van der Waals surface area contributed by atoms with E-state index in [1.807, 2.05) is 7.05 Å². The van der Waals surface area contributed by atoms with E-state index < -0.39 is 0 Å². The number of hydrogen-bond acceptors (Lipinski definition) is 3. The van der Waals surface area contributed by atoms with Crippen LogP contribution < -0.4 is 11.1 Å². The molecule has 0 saturated heterocycles. The van der Waals surface area contributed by atoms with Crippen molar-refractivity contribution in [1.29, 1.82) is 0 Å². The molecule has 0 spiro atoms. The van der Waals surface area contributed by atoms with Crippen molar-refractivity contribution in [3.8, 4) is 11.8 Å². The van der Waals surface area contributed by atoms with Crippen molar-refractivity contribution in [3.05, 3.63) is 11.8 Å². The molecule has 0 radical (unpaired) electrons. The number of nitrogens with one attached hydrogen (secondary N) is 1. The molecule has 0 saturated carbocycles. The van der Waals surface area contributed by atoms with Gasteiger partial charge in [-0.15, -0.1) is 0 Å². The predicted molar refractivity (Wildman–Crippen MR) is 53.0 cm³/mol. The molecule has 0 aliphatic rings. The second-order valence-electron chi connectivity index (χ2n) is 2.72. The molecule has 1 rings (SSSR count). The summed E-state index contributed by atoms with van der Waals surface area (Å²) in [5.74, 6) is 6.60. The molecule has 0 bridgehead atoms. The van der Waals surface area contributed by atoms with E-state index in [0.29, 0.717) is 5.82 Å². The molecule has 0 aliphatic carbocycles. The Morgan fingerprint density at radius 1 is 1.69 bits per heavy atom. The lowest BCUT2D eigenvalue weighted by atomic mass is 10.3. The summed E-state index contributed by atoms with van der Waals surface area (Å²) in [6.45, 7) is 0.896. The van der Waals surface area contributed by atoms with E-state index in [9.17, 15) is 0 Å². The average Bonchev–Trinajstić information content (AvgIpc) is 2.43. The van der Waals surface area contributed by atoms with Gasteiger partial charge in [-0.1, -0.05) is 11.8 Å². The van der Waals surface area contributed by atoms with Gasteiger partial charge in [-0.05, 0) is 7.05 Å². The fourth-order valence-corrected chi connectivity index (χ4v) is 0.889. The molecular formula is C9H14N4. The van der Waals surface area contributed by atoms with Crippen LogP contribution in [0.3, 0.4) is 0 Å². The second-order valence-corrected chi connectivity index (χ2v) is 2.72.